The van der Waals surface area contributed by atoms with Crippen molar-refractivity contribution < 1.29 is 23.1 Å². The van der Waals surface area contributed by atoms with Crippen molar-refractivity contribution in [3.05, 3.63) is 83.9 Å². The molecule has 2 heterocycles. The van der Waals surface area contributed by atoms with Gasteiger partial charge < -0.3 is 5.11 Å². The Morgan fingerprint density at radius 3 is 2.42 bits per heavy atom. The Hall–Kier alpha value is -3.16. The van der Waals surface area contributed by atoms with Crippen molar-refractivity contribution in [2.45, 2.75) is 12.7 Å². The molecule has 3 aromatic carbocycles. The van der Waals surface area contributed by atoms with Crippen LogP contribution >= 0.6 is 11.3 Å². The van der Waals surface area contributed by atoms with Crippen molar-refractivity contribution in [3.8, 4) is 21.6 Å². The molecular weight excluding hydrogens is 447 g/mol. The Labute approximate surface area is 192 Å². The fourth-order valence-electron chi connectivity index (χ4n) is 4.23. The summed E-state index contributed by atoms with van der Waals surface area (Å²) in [5, 5.41) is 10.0. The topological polar surface area (TPSA) is 40.5 Å². The standard InChI is InChI=1S/C26H20F3NO2S/c27-26(28,29)22-11-18(8-9-21(22)17-4-2-1-3-5-17)24-12-19-7-6-16(10-23(19)33-24)13-30-14-20(15-30)25(31)32/h1-12,20H,13-15H2,(H,31,32). The molecule has 0 spiro atoms. The zero-order valence-electron chi connectivity index (χ0n) is 17.5. The zero-order chi connectivity index (χ0) is 23.2. The molecule has 0 bridgehead atoms. The third kappa shape index (κ3) is 4.38. The van der Waals surface area contributed by atoms with Crippen molar-refractivity contribution in [3.63, 3.8) is 0 Å². The molecule has 5 rings (SSSR count). The van der Waals surface area contributed by atoms with Crippen molar-refractivity contribution in [1.29, 1.82) is 0 Å². The number of thiophene rings is 1. The Bertz CT molecular complexity index is 1320. The number of carbonyl (C=O) groups is 1. The number of carboxylic acid groups (broad SMARTS) is 1. The molecule has 33 heavy (non-hydrogen) atoms. The van der Waals surface area contributed by atoms with E-state index in [1.807, 2.05) is 24.3 Å². The van der Waals surface area contributed by atoms with Crippen molar-refractivity contribution in [2.75, 3.05) is 13.1 Å². The summed E-state index contributed by atoms with van der Waals surface area (Å²) in [4.78, 5) is 13.8. The Balaban J connectivity index is 1.44. The smallest absolute Gasteiger partial charge is 0.417 e. The first kappa shape index (κ1) is 21.7. The van der Waals surface area contributed by atoms with Crippen LogP contribution in [0.15, 0.2) is 72.8 Å². The molecule has 1 aromatic heterocycles. The van der Waals surface area contributed by atoms with E-state index in [-0.39, 0.29) is 11.5 Å². The van der Waals surface area contributed by atoms with Gasteiger partial charge in [0.2, 0.25) is 0 Å². The fourth-order valence-corrected chi connectivity index (χ4v) is 5.35. The lowest BCUT2D eigenvalue weighted by molar-refractivity contribution is -0.147. The van der Waals surface area contributed by atoms with Gasteiger partial charge in [0.15, 0.2) is 0 Å². The maximum absolute atomic E-state index is 13.9. The molecule has 4 aromatic rings. The second kappa shape index (κ2) is 8.32. The van der Waals surface area contributed by atoms with Crippen molar-refractivity contribution in [2.24, 2.45) is 5.92 Å². The van der Waals surface area contributed by atoms with E-state index in [2.05, 4.69) is 4.90 Å². The second-order valence-corrected chi connectivity index (χ2v) is 9.42. The number of carboxylic acids is 1. The van der Waals surface area contributed by atoms with Gasteiger partial charge in [-0.25, -0.2) is 0 Å². The molecule has 1 aliphatic heterocycles. The van der Waals surface area contributed by atoms with Crippen LogP contribution in [0.2, 0.25) is 0 Å². The summed E-state index contributed by atoms with van der Waals surface area (Å²) in [7, 11) is 0. The Kier molecular flexibility index (Phi) is 5.46. The molecule has 0 atom stereocenters. The zero-order valence-corrected chi connectivity index (χ0v) is 18.3. The van der Waals surface area contributed by atoms with Gasteiger partial charge in [-0.1, -0.05) is 54.6 Å². The van der Waals surface area contributed by atoms with E-state index in [1.54, 1.807) is 42.5 Å². The number of hydrogen-bond donors (Lipinski definition) is 1. The molecule has 0 amide bonds. The number of rotatable bonds is 5. The largest absolute Gasteiger partial charge is 0.481 e. The minimum Gasteiger partial charge on any atom is -0.481 e. The molecule has 168 valence electrons. The number of fused-ring (bicyclic) bond motifs is 1. The van der Waals surface area contributed by atoms with E-state index in [1.165, 1.54) is 17.4 Å². The van der Waals surface area contributed by atoms with Crippen molar-refractivity contribution >= 4 is 27.4 Å². The quantitative estimate of drug-likeness (QED) is 0.352. The van der Waals surface area contributed by atoms with E-state index in [9.17, 15) is 18.0 Å². The maximum Gasteiger partial charge on any atom is 0.417 e. The van der Waals surface area contributed by atoms with E-state index >= 15 is 0 Å². The van der Waals surface area contributed by atoms with Gasteiger partial charge in [0, 0.05) is 29.2 Å². The molecule has 0 unspecified atom stereocenters. The van der Waals surface area contributed by atoms with Gasteiger partial charge in [-0.2, -0.15) is 13.2 Å². The minimum absolute atomic E-state index is 0.171. The van der Waals surface area contributed by atoms with Gasteiger partial charge in [0.1, 0.15) is 0 Å². The lowest BCUT2D eigenvalue weighted by Gasteiger charge is -2.36. The molecule has 7 heteroatoms. The number of aliphatic carboxylic acids is 1. The highest BCUT2D eigenvalue weighted by Crippen LogP contribution is 2.41. The summed E-state index contributed by atoms with van der Waals surface area (Å²) in [6.07, 6.45) is -4.46. The van der Waals surface area contributed by atoms with Crippen LogP contribution in [0.5, 0.6) is 0 Å². The number of hydrogen-bond acceptors (Lipinski definition) is 3. The van der Waals surface area contributed by atoms with Crippen molar-refractivity contribution in [1.82, 2.24) is 4.90 Å². The fraction of sp³-hybridized carbons (Fsp3) is 0.192. The molecule has 1 saturated heterocycles. The first-order valence-electron chi connectivity index (χ1n) is 10.5. The van der Waals surface area contributed by atoms with Gasteiger partial charge in [0.25, 0.3) is 0 Å². The lowest BCUT2D eigenvalue weighted by atomic mass is 9.96. The van der Waals surface area contributed by atoms with Crippen LogP contribution in [0, 0.1) is 5.92 Å². The first-order valence-corrected chi connectivity index (χ1v) is 11.3. The molecule has 0 radical (unpaired) electrons. The van der Waals surface area contributed by atoms with E-state index in [4.69, 9.17) is 5.11 Å². The summed E-state index contributed by atoms with van der Waals surface area (Å²) >= 11 is 1.46. The van der Waals surface area contributed by atoms with Gasteiger partial charge in [0.05, 0.1) is 11.5 Å². The predicted molar refractivity (Wildman–Crippen MR) is 124 cm³/mol. The van der Waals surface area contributed by atoms with Gasteiger partial charge in [-0.15, -0.1) is 11.3 Å². The highest BCUT2D eigenvalue weighted by Gasteiger charge is 2.34. The highest BCUT2D eigenvalue weighted by atomic mass is 32.1. The van der Waals surface area contributed by atoms with Crippen LogP contribution in [0.4, 0.5) is 13.2 Å². The monoisotopic (exact) mass is 467 g/mol. The van der Waals surface area contributed by atoms with E-state index in [0.717, 1.165) is 20.5 Å². The van der Waals surface area contributed by atoms with Gasteiger partial charge >= 0.3 is 12.1 Å². The Morgan fingerprint density at radius 1 is 0.970 bits per heavy atom. The predicted octanol–water partition coefficient (Wildman–Crippen LogP) is 6.77. The van der Waals surface area contributed by atoms with Crippen LogP contribution in [0.1, 0.15) is 11.1 Å². The summed E-state index contributed by atoms with van der Waals surface area (Å²) in [5.41, 5.74) is 1.67. The number of alkyl halides is 3. The molecule has 1 N–H and O–H groups in total. The molecule has 1 aliphatic rings. The number of nitrogens with zero attached hydrogens (tertiary/aromatic N) is 1. The van der Waals surface area contributed by atoms with E-state index in [0.29, 0.717) is 30.8 Å². The third-order valence-corrected chi connectivity index (χ3v) is 7.14. The SMILES string of the molecule is O=C(O)C1CN(Cc2ccc3cc(-c4ccc(-c5ccccc5)c(C(F)(F)F)c4)sc3c2)C1. The normalized spacial score (nSPS) is 15.0. The van der Waals surface area contributed by atoms with E-state index < -0.39 is 17.7 Å². The van der Waals surface area contributed by atoms with Crippen LogP contribution in [0.3, 0.4) is 0 Å². The summed E-state index contributed by atoms with van der Waals surface area (Å²) in [6.45, 7) is 1.74. The molecular formula is C26H20F3NO2S. The summed E-state index contributed by atoms with van der Waals surface area (Å²) < 4.78 is 42.7. The minimum atomic E-state index is -4.46. The average molecular weight is 468 g/mol. The summed E-state index contributed by atoms with van der Waals surface area (Å²) in [6, 6.07) is 21.1. The molecule has 3 nitrogen and oxygen atoms in total. The molecule has 1 fully saturated rings. The highest BCUT2D eigenvalue weighted by molar-refractivity contribution is 7.22. The number of likely N-dealkylation sites (tertiary alicyclic amines) is 1. The third-order valence-electron chi connectivity index (χ3n) is 5.99. The number of benzene rings is 3. The number of halogens is 3. The van der Waals surface area contributed by atoms with Crippen LogP contribution in [-0.4, -0.2) is 29.1 Å². The van der Waals surface area contributed by atoms with Crippen LogP contribution in [-0.2, 0) is 17.5 Å². The van der Waals surface area contributed by atoms with Crippen LogP contribution < -0.4 is 0 Å². The summed E-state index contributed by atoms with van der Waals surface area (Å²) in [5.74, 6) is -1.06. The average Bonchev–Trinajstić information content (AvgIpc) is 3.19. The first-order chi connectivity index (χ1) is 15.8. The molecule has 0 aliphatic carbocycles. The van der Waals surface area contributed by atoms with Crippen LogP contribution in [0.25, 0.3) is 31.7 Å². The van der Waals surface area contributed by atoms with Gasteiger partial charge in [-0.05, 0) is 45.8 Å². The maximum atomic E-state index is 13.9. The molecule has 0 saturated carbocycles. The van der Waals surface area contributed by atoms with Gasteiger partial charge in [-0.3, -0.25) is 9.69 Å². The Morgan fingerprint density at radius 2 is 1.73 bits per heavy atom. The second-order valence-electron chi connectivity index (χ2n) is 8.34. The lowest BCUT2D eigenvalue weighted by Crippen LogP contribution is -2.49.